The summed E-state index contributed by atoms with van der Waals surface area (Å²) in [4.78, 5) is 17.7. The van der Waals surface area contributed by atoms with Crippen LogP contribution in [0.2, 0.25) is 0 Å². The highest BCUT2D eigenvalue weighted by atomic mass is 16.6. The Balaban J connectivity index is 1.96. The lowest BCUT2D eigenvalue weighted by Gasteiger charge is -2.10. The van der Waals surface area contributed by atoms with Crippen LogP contribution in [0.15, 0.2) is 6.33 Å². The van der Waals surface area contributed by atoms with E-state index in [0.717, 1.165) is 25.9 Å². The Bertz CT molecular complexity index is 434. The third kappa shape index (κ3) is 2.83. The van der Waals surface area contributed by atoms with Crippen LogP contribution in [0.1, 0.15) is 19.3 Å². The van der Waals surface area contributed by atoms with E-state index in [1.54, 1.807) is 0 Å². The molecule has 1 aliphatic heterocycles. The van der Waals surface area contributed by atoms with E-state index in [1.165, 1.54) is 6.33 Å². The van der Waals surface area contributed by atoms with Gasteiger partial charge in [-0.2, -0.15) is 0 Å². The van der Waals surface area contributed by atoms with Gasteiger partial charge in [0, 0.05) is 13.2 Å². The van der Waals surface area contributed by atoms with Crippen LogP contribution in [-0.4, -0.2) is 34.1 Å². The molecule has 1 unspecified atom stereocenters. The summed E-state index contributed by atoms with van der Waals surface area (Å²) in [6, 6.07) is 0. The first-order valence-corrected chi connectivity index (χ1v) is 5.79. The maximum atomic E-state index is 10.8. The fourth-order valence-electron chi connectivity index (χ4n) is 1.93. The molecule has 98 valence electrons. The Kier molecular flexibility index (Phi) is 3.88. The van der Waals surface area contributed by atoms with Gasteiger partial charge in [-0.15, -0.1) is 0 Å². The SMILES string of the molecule is Nc1ncnc(NCCC2CCCO2)c1[N+](=O)[O-]. The molecule has 1 aromatic heterocycles. The molecule has 0 aliphatic carbocycles. The Morgan fingerprint density at radius 3 is 3.11 bits per heavy atom. The first-order valence-electron chi connectivity index (χ1n) is 5.79. The van der Waals surface area contributed by atoms with Gasteiger partial charge in [0.1, 0.15) is 6.33 Å². The average Bonchev–Trinajstić information content (AvgIpc) is 2.81. The lowest BCUT2D eigenvalue weighted by molar-refractivity contribution is -0.383. The van der Waals surface area contributed by atoms with Gasteiger partial charge >= 0.3 is 5.69 Å². The van der Waals surface area contributed by atoms with Crippen molar-refractivity contribution in [1.29, 1.82) is 0 Å². The third-order valence-electron chi connectivity index (χ3n) is 2.82. The molecule has 0 saturated carbocycles. The number of nitrogens with one attached hydrogen (secondary N) is 1. The highest BCUT2D eigenvalue weighted by Gasteiger charge is 2.21. The predicted molar refractivity (Wildman–Crippen MR) is 65.2 cm³/mol. The number of anilines is 2. The smallest absolute Gasteiger partial charge is 0.352 e. The second-order valence-electron chi connectivity index (χ2n) is 4.06. The third-order valence-corrected chi connectivity index (χ3v) is 2.82. The Morgan fingerprint density at radius 1 is 1.61 bits per heavy atom. The molecule has 1 atom stereocenters. The number of nitrogens with zero attached hydrogens (tertiary/aromatic N) is 3. The number of ether oxygens (including phenoxy) is 1. The summed E-state index contributed by atoms with van der Waals surface area (Å²) in [5.41, 5.74) is 5.19. The minimum atomic E-state index is -0.580. The minimum Gasteiger partial charge on any atom is -0.378 e. The van der Waals surface area contributed by atoms with Gasteiger partial charge < -0.3 is 15.8 Å². The molecule has 18 heavy (non-hydrogen) atoms. The zero-order valence-electron chi connectivity index (χ0n) is 9.83. The lowest BCUT2D eigenvalue weighted by Crippen LogP contribution is -2.14. The van der Waals surface area contributed by atoms with Crippen LogP contribution in [0.3, 0.4) is 0 Å². The number of nitrogens with two attached hydrogens (primary N) is 1. The van der Waals surface area contributed by atoms with Crippen LogP contribution in [0.4, 0.5) is 17.3 Å². The zero-order chi connectivity index (χ0) is 13.0. The molecule has 0 spiro atoms. The summed E-state index contributed by atoms with van der Waals surface area (Å²) in [5.74, 6) is 0.0279. The summed E-state index contributed by atoms with van der Waals surface area (Å²) in [6.45, 7) is 1.35. The van der Waals surface area contributed by atoms with E-state index in [-0.39, 0.29) is 23.4 Å². The topological polar surface area (TPSA) is 116 Å². The fraction of sp³-hybridized carbons (Fsp3) is 0.600. The normalized spacial score (nSPS) is 18.8. The van der Waals surface area contributed by atoms with Crippen LogP contribution in [0.25, 0.3) is 0 Å². The lowest BCUT2D eigenvalue weighted by atomic mass is 10.2. The van der Waals surface area contributed by atoms with Crippen LogP contribution in [0, 0.1) is 10.1 Å². The van der Waals surface area contributed by atoms with Gasteiger partial charge in [0.2, 0.25) is 11.6 Å². The largest absolute Gasteiger partial charge is 0.378 e. The monoisotopic (exact) mass is 253 g/mol. The van der Waals surface area contributed by atoms with Crippen molar-refractivity contribution >= 4 is 17.3 Å². The molecule has 0 bridgehead atoms. The first-order chi connectivity index (χ1) is 8.68. The standard InChI is InChI=1S/C10H15N5O3/c11-9-8(15(16)17)10(14-6-13-9)12-4-3-7-2-1-5-18-7/h6-7H,1-5H2,(H3,11,12,13,14). The van der Waals surface area contributed by atoms with E-state index in [1.807, 2.05) is 0 Å². The van der Waals surface area contributed by atoms with Crippen LogP contribution in [0.5, 0.6) is 0 Å². The molecule has 1 aromatic rings. The molecule has 1 saturated heterocycles. The second-order valence-corrected chi connectivity index (χ2v) is 4.06. The number of hydrogen-bond donors (Lipinski definition) is 2. The molecule has 0 aromatic carbocycles. The quantitative estimate of drug-likeness (QED) is 0.592. The predicted octanol–water partition coefficient (Wildman–Crippen LogP) is 0.948. The van der Waals surface area contributed by atoms with Crippen molar-refractivity contribution in [2.45, 2.75) is 25.4 Å². The van der Waals surface area contributed by atoms with Gasteiger partial charge in [-0.3, -0.25) is 10.1 Å². The summed E-state index contributed by atoms with van der Waals surface area (Å²) in [6.07, 6.45) is 4.34. The molecule has 1 aliphatic rings. The van der Waals surface area contributed by atoms with Crippen molar-refractivity contribution in [3.8, 4) is 0 Å². The van der Waals surface area contributed by atoms with E-state index in [2.05, 4.69) is 15.3 Å². The molecule has 8 heteroatoms. The minimum absolute atomic E-state index is 0.130. The van der Waals surface area contributed by atoms with Gasteiger partial charge in [0.25, 0.3) is 0 Å². The van der Waals surface area contributed by atoms with Gasteiger partial charge in [-0.1, -0.05) is 0 Å². The van der Waals surface area contributed by atoms with Gasteiger partial charge in [-0.05, 0) is 19.3 Å². The summed E-state index contributed by atoms with van der Waals surface area (Å²) in [7, 11) is 0. The maximum Gasteiger partial charge on any atom is 0.352 e. The van der Waals surface area contributed by atoms with E-state index in [9.17, 15) is 10.1 Å². The summed E-state index contributed by atoms with van der Waals surface area (Å²) in [5, 5.41) is 13.8. The average molecular weight is 253 g/mol. The van der Waals surface area contributed by atoms with Crippen molar-refractivity contribution in [3.05, 3.63) is 16.4 Å². The first kappa shape index (κ1) is 12.5. The highest BCUT2D eigenvalue weighted by Crippen LogP contribution is 2.26. The number of nitrogen functional groups attached to an aromatic ring is 1. The van der Waals surface area contributed by atoms with E-state index >= 15 is 0 Å². The van der Waals surface area contributed by atoms with Crippen molar-refractivity contribution in [2.75, 3.05) is 24.2 Å². The number of nitro groups is 1. The zero-order valence-corrected chi connectivity index (χ0v) is 9.83. The van der Waals surface area contributed by atoms with Crippen molar-refractivity contribution in [2.24, 2.45) is 0 Å². The van der Waals surface area contributed by atoms with Crippen molar-refractivity contribution < 1.29 is 9.66 Å². The van der Waals surface area contributed by atoms with Crippen LogP contribution in [-0.2, 0) is 4.74 Å². The molecule has 3 N–H and O–H groups in total. The molecule has 8 nitrogen and oxygen atoms in total. The summed E-state index contributed by atoms with van der Waals surface area (Å²) >= 11 is 0. The van der Waals surface area contributed by atoms with Gasteiger partial charge in [-0.25, -0.2) is 9.97 Å². The molecular formula is C10H15N5O3. The van der Waals surface area contributed by atoms with E-state index in [0.29, 0.717) is 6.54 Å². The molecule has 0 radical (unpaired) electrons. The van der Waals surface area contributed by atoms with Crippen LogP contribution < -0.4 is 11.1 Å². The van der Waals surface area contributed by atoms with Crippen LogP contribution >= 0.6 is 0 Å². The van der Waals surface area contributed by atoms with Crippen molar-refractivity contribution in [3.63, 3.8) is 0 Å². The molecule has 2 rings (SSSR count). The molecule has 1 fully saturated rings. The Morgan fingerprint density at radius 2 is 2.44 bits per heavy atom. The molecular weight excluding hydrogens is 238 g/mol. The van der Waals surface area contributed by atoms with E-state index < -0.39 is 4.92 Å². The highest BCUT2D eigenvalue weighted by molar-refractivity contribution is 5.67. The fourth-order valence-corrected chi connectivity index (χ4v) is 1.93. The maximum absolute atomic E-state index is 10.8. The number of hydrogen-bond acceptors (Lipinski definition) is 7. The Hall–Kier alpha value is -1.96. The van der Waals surface area contributed by atoms with Gasteiger partial charge in [0.15, 0.2) is 0 Å². The van der Waals surface area contributed by atoms with Crippen molar-refractivity contribution in [1.82, 2.24) is 9.97 Å². The Labute approximate surface area is 104 Å². The molecule has 0 amide bonds. The van der Waals surface area contributed by atoms with Gasteiger partial charge in [0.05, 0.1) is 11.0 Å². The number of rotatable bonds is 5. The number of aromatic nitrogens is 2. The second kappa shape index (κ2) is 5.58. The molecule has 2 heterocycles. The summed E-state index contributed by atoms with van der Waals surface area (Å²) < 4.78 is 5.46. The van der Waals surface area contributed by atoms with E-state index in [4.69, 9.17) is 10.5 Å².